The zero-order valence-electron chi connectivity index (χ0n) is 18.5. The summed E-state index contributed by atoms with van der Waals surface area (Å²) < 4.78 is 10.3. The lowest BCUT2D eigenvalue weighted by atomic mass is 10.1. The van der Waals surface area contributed by atoms with Crippen molar-refractivity contribution in [1.29, 1.82) is 0 Å². The summed E-state index contributed by atoms with van der Waals surface area (Å²) in [6, 6.07) is 14.8. The minimum absolute atomic E-state index is 0.0725. The maximum absolute atomic E-state index is 11.2. The van der Waals surface area contributed by atoms with Gasteiger partial charge in [0.15, 0.2) is 5.96 Å². The lowest BCUT2D eigenvalue weighted by Gasteiger charge is -2.17. The van der Waals surface area contributed by atoms with Gasteiger partial charge < -0.3 is 25.2 Å². The van der Waals surface area contributed by atoms with E-state index in [-0.39, 0.29) is 6.10 Å². The fourth-order valence-electron chi connectivity index (χ4n) is 2.75. The number of carbonyl (C=O) groups excluding carboxylic acids is 1. The van der Waals surface area contributed by atoms with E-state index in [2.05, 4.69) is 25.7 Å². The number of ether oxygens (including phenoxy) is 2. The average Bonchev–Trinajstić information content (AvgIpc) is 2.76. The van der Waals surface area contributed by atoms with Gasteiger partial charge in [0.1, 0.15) is 5.75 Å². The number of hydrogen-bond donors (Lipinski definition) is 4. The molecule has 0 heterocycles. The molecule has 2 rings (SSSR count). The van der Waals surface area contributed by atoms with Crippen LogP contribution in [0.3, 0.4) is 0 Å². The molecule has 2 aromatic carbocycles. The topological polar surface area (TPSA) is 104 Å². The number of carbonyl (C=O) groups is 1. The zero-order chi connectivity index (χ0) is 22.6. The fourth-order valence-corrected chi connectivity index (χ4v) is 2.75. The number of guanidine groups is 1. The molecule has 0 saturated carbocycles. The molecule has 1 atom stereocenters. The highest BCUT2D eigenvalue weighted by molar-refractivity contribution is 5.84. The maximum atomic E-state index is 11.2. The van der Waals surface area contributed by atoms with Gasteiger partial charge in [0.25, 0.3) is 0 Å². The van der Waals surface area contributed by atoms with E-state index >= 15 is 0 Å². The van der Waals surface area contributed by atoms with Crippen LogP contribution in [0.15, 0.2) is 53.5 Å². The number of hydrogen-bond acceptors (Lipinski definition) is 5. The molecule has 0 radical (unpaired) electrons. The number of nitrogens with one attached hydrogen (secondary N) is 3. The summed E-state index contributed by atoms with van der Waals surface area (Å²) in [7, 11) is 1.32. The number of anilines is 1. The van der Waals surface area contributed by atoms with Crippen LogP contribution in [0.4, 0.5) is 10.5 Å². The van der Waals surface area contributed by atoms with Gasteiger partial charge in [-0.2, -0.15) is 0 Å². The van der Waals surface area contributed by atoms with E-state index in [4.69, 9.17) is 4.74 Å². The number of amides is 1. The van der Waals surface area contributed by atoms with Crippen molar-refractivity contribution in [2.45, 2.75) is 39.5 Å². The Morgan fingerprint density at radius 3 is 2.52 bits per heavy atom. The average molecular weight is 429 g/mol. The van der Waals surface area contributed by atoms with Crippen LogP contribution >= 0.6 is 0 Å². The number of benzene rings is 2. The molecule has 31 heavy (non-hydrogen) atoms. The summed E-state index contributed by atoms with van der Waals surface area (Å²) in [6.07, 6.45) is -1.14. The summed E-state index contributed by atoms with van der Waals surface area (Å²) in [5.74, 6) is 1.34. The van der Waals surface area contributed by atoms with Gasteiger partial charge in [-0.25, -0.2) is 9.79 Å². The highest BCUT2D eigenvalue weighted by Crippen LogP contribution is 2.20. The lowest BCUT2D eigenvalue weighted by molar-refractivity contribution is 0.179. The molecule has 1 unspecified atom stereocenters. The number of aliphatic hydroxyl groups excluding tert-OH is 1. The summed E-state index contributed by atoms with van der Waals surface area (Å²) in [4.78, 5) is 15.8. The summed E-state index contributed by atoms with van der Waals surface area (Å²) >= 11 is 0. The lowest BCUT2D eigenvalue weighted by Crippen LogP contribution is -2.39. The fraction of sp³-hybridized carbons (Fsp3) is 0.391. The summed E-state index contributed by atoms with van der Waals surface area (Å²) in [6.45, 7) is 7.36. The summed E-state index contributed by atoms with van der Waals surface area (Å²) in [5, 5.41) is 19.5. The third kappa shape index (κ3) is 8.55. The van der Waals surface area contributed by atoms with Gasteiger partial charge in [0.2, 0.25) is 0 Å². The van der Waals surface area contributed by atoms with E-state index < -0.39 is 12.2 Å². The number of aliphatic hydroxyl groups is 1. The van der Waals surface area contributed by atoms with Crippen molar-refractivity contribution < 1.29 is 19.4 Å². The monoisotopic (exact) mass is 428 g/mol. The number of rotatable bonds is 9. The molecule has 0 aromatic heterocycles. The molecule has 2 aromatic rings. The van der Waals surface area contributed by atoms with Gasteiger partial charge in [0, 0.05) is 18.8 Å². The quantitative estimate of drug-likeness (QED) is 0.360. The minimum atomic E-state index is -0.705. The first-order valence-corrected chi connectivity index (χ1v) is 10.3. The van der Waals surface area contributed by atoms with Crippen LogP contribution in [-0.2, 0) is 11.3 Å². The van der Waals surface area contributed by atoms with E-state index in [0.717, 1.165) is 16.9 Å². The van der Waals surface area contributed by atoms with Crippen LogP contribution in [-0.4, -0.2) is 43.5 Å². The first kappa shape index (κ1) is 24.0. The first-order chi connectivity index (χ1) is 14.9. The van der Waals surface area contributed by atoms with E-state index in [1.165, 1.54) is 7.11 Å². The van der Waals surface area contributed by atoms with Crippen molar-refractivity contribution in [2.75, 3.05) is 25.5 Å². The standard InChI is InChI=1S/C23H32N4O4/c1-5-24-22(25-14-17-9-11-19(12-10-17)27-23(29)30-4)26-15-21(28)18-7-6-8-20(13-18)31-16(2)3/h6-13,16,21,28H,5,14-15H2,1-4H3,(H,27,29)(H2,24,25,26). The molecule has 0 bridgehead atoms. The van der Waals surface area contributed by atoms with Crippen molar-refractivity contribution in [3.05, 3.63) is 59.7 Å². The van der Waals surface area contributed by atoms with Crippen LogP contribution < -0.4 is 20.7 Å². The number of aliphatic imine (C=N–C) groups is 1. The zero-order valence-corrected chi connectivity index (χ0v) is 18.5. The molecule has 0 saturated heterocycles. The summed E-state index contributed by atoms with van der Waals surface area (Å²) in [5.41, 5.74) is 2.40. The Morgan fingerprint density at radius 2 is 1.87 bits per heavy atom. The van der Waals surface area contributed by atoms with Gasteiger partial charge in [0.05, 0.1) is 25.9 Å². The Bertz CT molecular complexity index is 853. The molecule has 0 spiro atoms. The Labute approximate surface area is 183 Å². The second-order valence-electron chi connectivity index (χ2n) is 7.14. The van der Waals surface area contributed by atoms with E-state index in [1.807, 2.05) is 57.2 Å². The third-order valence-corrected chi connectivity index (χ3v) is 4.23. The molecule has 168 valence electrons. The van der Waals surface area contributed by atoms with Crippen LogP contribution in [0, 0.1) is 0 Å². The second-order valence-corrected chi connectivity index (χ2v) is 7.14. The normalized spacial score (nSPS) is 12.3. The van der Waals surface area contributed by atoms with Crippen molar-refractivity contribution >= 4 is 17.7 Å². The molecule has 8 nitrogen and oxygen atoms in total. The molecule has 1 amide bonds. The van der Waals surface area contributed by atoms with E-state index in [1.54, 1.807) is 12.1 Å². The third-order valence-electron chi connectivity index (χ3n) is 4.23. The van der Waals surface area contributed by atoms with Crippen LogP contribution in [0.5, 0.6) is 5.75 Å². The molecule has 0 aliphatic carbocycles. The van der Waals surface area contributed by atoms with E-state index in [0.29, 0.717) is 31.3 Å². The predicted octanol–water partition coefficient (Wildman–Crippen LogP) is 3.44. The van der Waals surface area contributed by atoms with Crippen LogP contribution in [0.1, 0.15) is 38.0 Å². The number of methoxy groups -OCH3 is 1. The van der Waals surface area contributed by atoms with Crippen LogP contribution in [0.2, 0.25) is 0 Å². The van der Waals surface area contributed by atoms with Gasteiger partial charge in [-0.15, -0.1) is 0 Å². The molecule has 0 aliphatic heterocycles. The van der Waals surface area contributed by atoms with Crippen LogP contribution in [0.25, 0.3) is 0 Å². The molecule has 0 aliphatic rings. The van der Waals surface area contributed by atoms with Gasteiger partial charge in [-0.1, -0.05) is 24.3 Å². The van der Waals surface area contributed by atoms with Crippen molar-refractivity contribution in [3.8, 4) is 5.75 Å². The smallest absolute Gasteiger partial charge is 0.411 e. The molecular weight excluding hydrogens is 396 g/mol. The maximum Gasteiger partial charge on any atom is 0.411 e. The molecule has 8 heteroatoms. The molecular formula is C23H32N4O4. The van der Waals surface area contributed by atoms with Crippen molar-refractivity contribution in [1.82, 2.24) is 10.6 Å². The second kappa shape index (κ2) is 12.4. The largest absolute Gasteiger partial charge is 0.491 e. The van der Waals surface area contributed by atoms with E-state index in [9.17, 15) is 9.90 Å². The first-order valence-electron chi connectivity index (χ1n) is 10.3. The Hall–Kier alpha value is -3.26. The Morgan fingerprint density at radius 1 is 1.13 bits per heavy atom. The minimum Gasteiger partial charge on any atom is -0.491 e. The molecule has 4 N–H and O–H groups in total. The van der Waals surface area contributed by atoms with Crippen molar-refractivity contribution in [3.63, 3.8) is 0 Å². The van der Waals surface area contributed by atoms with Gasteiger partial charge in [-0.05, 0) is 56.2 Å². The SMILES string of the molecule is CCNC(=NCc1ccc(NC(=O)OC)cc1)NCC(O)c1cccc(OC(C)C)c1. The predicted molar refractivity (Wildman–Crippen MR) is 122 cm³/mol. The highest BCUT2D eigenvalue weighted by atomic mass is 16.5. The Balaban J connectivity index is 1.94. The van der Waals surface area contributed by atoms with Crippen molar-refractivity contribution in [2.24, 2.45) is 4.99 Å². The van der Waals surface area contributed by atoms with Gasteiger partial charge in [-0.3, -0.25) is 5.32 Å². The Kier molecular flexibility index (Phi) is 9.64. The number of nitrogens with zero attached hydrogens (tertiary/aromatic N) is 1. The van der Waals surface area contributed by atoms with Gasteiger partial charge >= 0.3 is 6.09 Å². The highest BCUT2D eigenvalue weighted by Gasteiger charge is 2.10. The molecule has 0 fully saturated rings.